The molecule has 7 heteroatoms. The molecule has 0 aromatic carbocycles. The van der Waals surface area contributed by atoms with Crippen molar-refractivity contribution in [2.24, 2.45) is 0 Å². The molecule has 0 aliphatic carbocycles. The molecule has 1 saturated heterocycles. The van der Waals surface area contributed by atoms with Crippen molar-refractivity contribution in [3.8, 4) is 0 Å². The number of aryl methyl sites for hydroxylation is 3. The average molecular weight is 301 g/mol. The average Bonchev–Trinajstić information content (AvgIpc) is 3.08. The molecule has 0 bridgehead atoms. The Kier molecular flexibility index (Phi) is 3.66. The van der Waals surface area contributed by atoms with Crippen LogP contribution in [0.3, 0.4) is 0 Å². The quantitative estimate of drug-likeness (QED) is 0.887. The number of ether oxygens (including phenoxy) is 1. The zero-order valence-electron chi connectivity index (χ0n) is 12.9. The summed E-state index contributed by atoms with van der Waals surface area (Å²) in [5.41, 5.74) is 1.46. The zero-order chi connectivity index (χ0) is 15.7. The standard InChI is InChI=1S/C15H19N5O2/c1-9-6-17-14(18-9)15(4-5-22-8-15)20-13(21)12-7-16-11(3)19-10(12)2/h6-7H,4-5,8H2,1-3H3,(H,17,18)(H,20,21). The molecule has 0 spiro atoms. The predicted molar refractivity (Wildman–Crippen MR) is 79.4 cm³/mol. The van der Waals surface area contributed by atoms with Gasteiger partial charge in [0.2, 0.25) is 0 Å². The van der Waals surface area contributed by atoms with Crippen LogP contribution >= 0.6 is 0 Å². The normalized spacial score (nSPS) is 21.0. The number of nitrogens with one attached hydrogen (secondary N) is 2. The van der Waals surface area contributed by atoms with Crippen LogP contribution in [0, 0.1) is 20.8 Å². The first kappa shape index (κ1) is 14.6. The van der Waals surface area contributed by atoms with E-state index < -0.39 is 5.54 Å². The van der Waals surface area contributed by atoms with E-state index in [1.807, 2.05) is 6.92 Å². The number of H-pyrrole nitrogens is 1. The van der Waals surface area contributed by atoms with Crippen molar-refractivity contribution in [1.82, 2.24) is 25.3 Å². The van der Waals surface area contributed by atoms with Gasteiger partial charge in [-0.3, -0.25) is 4.79 Å². The molecule has 1 fully saturated rings. The number of imidazole rings is 1. The van der Waals surface area contributed by atoms with Crippen molar-refractivity contribution in [2.75, 3.05) is 13.2 Å². The van der Waals surface area contributed by atoms with Gasteiger partial charge < -0.3 is 15.0 Å². The summed E-state index contributed by atoms with van der Waals surface area (Å²) >= 11 is 0. The van der Waals surface area contributed by atoms with E-state index in [1.165, 1.54) is 0 Å². The lowest BCUT2D eigenvalue weighted by Crippen LogP contribution is -2.47. The Bertz CT molecular complexity index is 704. The van der Waals surface area contributed by atoms with Gasteiger partial charge in [-0.15, -0.1) is 0 Å². The van der Waals surface area contributed by atoms with Gasteiger partial charge >= 0.3 is 0 Å². The first-order valence-corrected chi connectivity index (χ1v) is 7.23. The van der Waals surface area contributed by atoms with Gasteiger partial charge in [-0.25, -0.2) is 15.0 Å². The summed E-state index contributed by atoms with van der Waals surface area (Å²) in [6.45, 7) is 6.52. The molecule has 2 aromatic rings. The SMILES string of the molecule is Cc1ncc(C(=O)NC2(c3ncc(C)[nH]3)CCOC2)c(C)n1. The fourth-order valence-corrected chi connectivity index (χ4v) is 2.66. The monoisotopic (exact) mass is 301 g/mol. The third-order valence-electron chi connectivity index (χ3n) is 3.88. The Labute approximate surface area is 128 Å². The summed E-state index contributed by atoms with van der Waals surface area (Å²) in [4.78, 5) is 28.6. The van der Waals surface area contributed by atoms with Crippen LogP contribution in [0.25, 0.3) is 0 Å². The highest BCUT2D eigenvalue weighted by molar-refractivity contribution is 5.95. The number of aromatic amines is 1. The number of amides is 1. The van der Waals surface area contributed by atoms with E-state index in [1.54, 1.807) is 26.2 Å². The Morgan fingerprint density at radius 3 is 2.73 bits per heavy atom. The zero-order valence-corrected chi connectivity index (χ0v) is 12.9. The van der Waals surface area contributed by atoms with Crippen molar-refractivity contribution in [3.63, 3.8) is 0 Å². The van der Waals surface area contributed by atoms with Crippen LogP contribution in [-0.4, -0.2) is 39.1 Å². The molecule has 0 saturated carbocycles. The van der Waals surface area contributed by atoms with E-state index in [0.717, 1.165) is 11.5 Å². The number of hydrogen-bond donors (Lipinski definition) is 2. The van der Waals surface area contributed by atoms with E-state index in [2.05, 4.69) is 25.3 Å². The third kappa shape index (κ3) is 2.59. The summed E-state index contributed by atoms with van der Waals surface area (Å²) < 4.78 is 5.50. The summed E-state index contributed by atoms with van der Waals surface area (Å²) in [6.07, 6.45) is 3.99. The van der Waals surface area contributed by atoms with Crippen LogP contribution in [0.4, 0.5) is 0 Å². The molecule has 7 nitrogen and oxygen atoms in total. The molecule has 2 N–H and O–H groups in total. The minimum atomic E-state index is -0.622. The van der Waals surface area contributed by atoms with E-state index in [4.69, 9.17) is 4.74 Å². The predicted octanol–water partition coefficient (Wildman–Crippen LogP) is 1.17. The highest BCUT2D eigenvalue weighted by Gasteiger charge is 2.41. The largest absolute Gasteiger partial charge is 0.378 e. The molecule has 116 valence electrons. The maximum atomic E-state index is 12.6. The Balaban J connectivity index is 1.89. The number of carbonyl (C=O) groups excluding carboxylic acids is 1. The van der Waals surface area contributed by atoms with Gasteiger partial charge in [-0.05, 0) is 20.8 Å². The van der Waals surface area contributed by atoms with Gasteiger partial charge in [0.25, 0.3) is 5.91 Å². The fraction of sp³-hybridized carbons (Fsp3) is 0.467. The maximum Gasteiger partial charge on any atom is 0.255 e. The molecule has 1 atom stereocenters. The van der Waals surface area contributed by atoms with Crippen molar-refractivity contribution in [3.05, 3.63) is 41.0 Å². The molecule has 3 heterocycles. The topological polar surface area (TPSA) is 92.8 Å². The second-order valence-electron chi connectivity index (χ2n) is 5.67. The third-order valence-corrected chi connectivity index (χ3v) is 3.88. The number of aromatic nitrogens is 4. The van der Waals surface area contributed by atoms with Gasteiger partial charge in [-0.1, -0.05) is 0 Å². The summed E-state index contributed by atoms with van der Waals surface area (Å²) in [5.74, 6) is 1.16. The molecule has 2 aromatic heterocycles. The number of rotatable bonds is 3. The minimum absolute atomic E-state index is 0.211. The Morgan fingerprint density at radius 2 is 2.14 bits per heavy atom. The Morgan fingerprint density at radius 1 is 1.32 bits per heavy atom. The second-order valence-corrected chi connectivity index (χ2v) is 5.67. The lowest BCUT2D eigenvalue weighted by atomic mass is 9.97. The minimum Gasteiger partial charge on any atom is -0.378 e. The second kappa shape index (κ2) is 5.49. The fourth-order valence-electron chi connectivity index (χ4n) is 2.66. The highest BCUT2D eigenvalue weighted by Crippen LogP contribution is 2.29. The van der Waals surface area contributed by atoms with Gasteiger partial charge in [0.15, 0.2) is 0 Å². The van der Waals surface area contributed by atoms with Gasteiger partial charge in [-0.2, -0.15) is 0 Å². The molecule has 22 heavy (non-hydrogen) atoms. The van der Waals surface area contributed by atoms with Crippen LogP contribution in [0.5, 0.6) is 0 Å². The van der Waals surface area contributed by atoms with E-state index >= 15 is 0 Å². The molecule has 0 radical (unpaired) electrons. The number of nitrogens with zero attached hydrogens (tertiary/aromatic N) is 3. The van der Waals surface area contributed by atoms with Gasteiger partial charge in [0.1, 0.15) is 17.2 Å². The van der Waals surface area contributed by atoms with Crippen LogP contribution in [-0.2, 0) is 10.3 Å². The smallest absolute Gasteiger partial charge is 0.255 e. The van der Waals surface area contributed by atoms with Crippen molar-refractivity contribution in [2.45, 2.75) is 32.7 Å². The van der Waals surface area contributed by atoms with E-state index in [-0.39, 0.29) is 5.91 Å². The first-order chi connectivity index (χ1) is 10.5. The van der Waals surface area contributed by atoms with Gasteiger partial charge in [0, 0.05) is 31.1 Å². The lowest BCUT2D eigenvalue weighted by molar-refractivity contribution is 0.0868. The molecular formula is C15H19N5O2. The maximum absolute atomic E-state index is 12.6. The van der Waals surface area contributed by atoms with Crippen LogP contribution in [0.15, 0.2) is 12.4 Å². The molecular weight excluding hydrogens is 282 g/mol. The number of hydrogen-bond acceptors (Lipinski definition) is 5. The highest BCUT2D eigenvalue weighted by atomic mass is 16.5. The van der Waals surface area contributed by atoms with Crippen LogP contribution < -0.4 is 5.32 Å². The number of carbonyl (C=O) groups is 1. The molecule has 3 rings (SSSR count). The molecule has 1 amide bonds. The van der Waals surface area contributed by atoms with Crippen molar-refractivity contribution >= 4 is 5.91 Å². The Hall–Kier alpha value is -2.28. The van der Waals surface area contributed by atoms with E-state index in [9.17, 15) is 4.79 Å². The summed E-state index contributed by atoms with van der Waals surface area (Å²) in [7, 11) is 0. The molecule has 1 unspecified atom stereocenters. The van der Waals surface area contributed by atoms with Crippen molar-refractivity contribution in [1.29, 1.82) is 0 Å². The first-order valence-electron chi connectivity index (χ1n) is 7.23. The van der Waals surface area contributed by atoms with Crippen LogP contribution in [0.2, 0.25) is 0 Å². The summed E-state index contributed by atoms with van der Waals surface area (Å²) in [6, 6.07) is 0. The van der Waals surface area contributed by atoms with Gasteiger partial charge in [0.05, 0.1) is 17.9 Å². The van der Waals surface area contributed by atoms with Crippen LogP contribution in [0.1, 0.15) is 39.8 Å². The lowest BCUT2D eigenvalue weighted by Gasteiger charge is -2.26. The van der Waals surface area contributed by atoms with E-state index in [0.29, 0.717) is 36.7 Å². The van der Waals surface area contributed by atoms with Crippen molar-refractivity contribution < 1.29 is 9.53 Å². The molecule has 1 aliphatic heterocycles. The molecule has 1 aliphatic rings. The summed E-state index contributed by atoms with van der Waals surface area (Å²) in [5, 5.41) is 3.06.